The summed E-state index contributed by atoms with van der Waals surface area (Å²) in [4.78, 5) is 53.6. The monoisotopic (exact) mass is 548 g/mol. The number of carbonyl (C=O) groups is 3. The molecular formula is C17H20N6O11S2. The van der Waals surface area contributed by atoms with Crippen molar-refractivity contribution in [2.24, 2.45) is 5.16 Å². The molecule has 3 rings (SSSR count). The lowest BCUT2D eigenvalue weighted by molar-refractivity contribution is -0.402. The highest BCUT2D eigenvalue weighted by atomic mass is 32.2. The third-order valence-electron chi connectivity index (χ3n) is 4.42. The van der Waals surface area contributed by atoms with Crippen LogP contribution in [-0.2, 0) is 29.5 Å². The molecule has 2 atom stereocenters. The summed E-state index contributed by atoms with van der Waals surface area (Å²) >= 11 is 0.980. The minimum Gasteiger partial charge on any atom is -0.478 e. The van der Waals surface area contributed by atoms with E-state index in [9.17, 15) is 32.9 Å². The lowest BCUT2D eigenvalue weighted by Gasteiger charge is -2.42. The van der Waals surface area contributed by atoms with Crippen LogP contribution in [0.5, 0.6) is 0 Å². The van der Waals surface area contributed by atoms with Crippen LogP contribution < -0.4 is 11.1 Å². The Bertz CT molecular complexity index is 1290. The van der Waals surface area contributed by atoms with Gasteiger partial charge in [0.15, 0.2) is 10.8 Å². The van der Waals surface area contributed by atoms with Gasteiger partial charge in [0.1, 0.15) is 16.7 Å². The Morgan fingerprint density at radius 1 is 1.44 bits per heavy atom. The van der Waals surface area contributed by atoms with E-state index in [2.05, 4.69) is 19.9 Å². The number of aliphatic carboxylic acids is 1. The molecule has 196 valence electrons. The zero-order valence-electron chi connectivity index (χ0n) is 18.7. The number of hydrogen-bond acceptors (Lipinski definition) is 13. The summed E-state index contributed by atoms with van der Waals surface area (Å²) < 4.78 is 35.8. The molecular weight excluding hydrogens is 528 g/mol. The maximum Gasteiger partial charge on any atom is 0.432 e. The van der Waals surface area contributed by atoms with Crippen molar-refractivity contribution in [2.75, 3.05) is 5.73 Å². The molecule has 1 saturated heterocycles. The van der Waals surface area contributed by atoms with Crippen molar-refractivity contribution >= 4 is 56.2 Å². The summed E-state index contributed by atoms with van der Waals surface area (Å²) in [6.45, 7) is 3.69. The summed E-state index contributed by atoms with van der Waals surface area (Å²) in [5.41, 5.74) is 3.26. The van der Waals surface area contributed by atoms with Crippen molar-refractivity contribution in [1.29, 1.82) is 0 Å². The number of nitrogens with one attached hydrogen (secondary N) is 1. The Hall–Kier alpha value is -4.10. The number of furan rings is 1. The molecule has 2 aromatic rings. The van der Waals surface area contributed by atoms with Crippen LogP contribution in [0.4, 0.5) is 11.0 Å². The van der Waals surface area contributed by atoms with Crippen LogP contribution in [0.25, 0.3) is 0 Å². The predicted octanol–water partition coefficient (Wildman–Crippen LogP) is 0.0153. The molecule has 2 amide bonds. The van der Waals surface area contributed by atoms with E-state index in [0.29, 0.717) is 0 Å². The van der Waals surface area contributed by atoms with Gasteiger partial charge in [-0.3, -0.25) is 24.3 Å². The zero-order valence-corrected chi connectivity index (χ0v) is 20.3. The lowest BCUT2D eigenvalue weighted by atomic mass is 10.0. The lowest BCUT2D eigenvalue weighted by Crippen LogP contribution is -2.71. The van der Waals surface area contributed by atoms with Crippen LogP contribution in [0.2, 0.25) is 0 Å². The standard InChI is InChI=1S/C13H17N5O8S2.C4H3NO3/c1-5-7(10(20)18(5)28(23,24)25)16-9(19)8(6-4-27-12(14)15-6)17-26-13(2,3)11(21)22;6-5(7)4-2-1-3-8-4/h4-5,7H,1-3H3,(H2,14,15)(H,16,19)(H,21,22)(H,23,24,25);1-3H/b17-8-;/t5-,7-;/m0./s1. The van der Waals surface area contributed by atoms with Gasteiger partial charge in [-0.05, 0) is 26.8 Å². The highest BCUT2D eigenvalue weighted by Gasteiger charge is 2.51. The molecule has 0 radical (unpaired) electrons. The van der Waals surface area contributed by atoms with Crippen LogP contribution in [0.1, 0.15) is 26.5 Å². The number of thiazole rings is 1. The fraction of sp³-hybridized carbons (Fsp3) is 0.353. The van der Waals surface area contributed by atoms with Crippen LogP contribution >= 0.6 is 11.3 Å². The first kappa shape index (κ1) is 28.1. The number of carboxylic acids is 1. The average molecular weight is 549 g/mol. The Balaban J connectivity index is 0.000000482. The third kappa shape index (κ3) is 6.52. The van der Waals surface area contributed by atoms with Gasteiger partial charge in [-0.15, -0.1) is 11.3 Å². The fourth-order valence-electron chi connectivity index (χ4n) is 2.49. The molecule has 1 aliphatic rings. The molecule has 0 bridgehead atoms. The van der Waals surface area contributed by atoms with Crippen molar-refractivity contribution in [1.82, 2.24) is 14.6 Å². The average Bonchev–Trinajstić information content (AvgIpc) is 3.44. The van der Waals surface area contributed by atoms with Crippen molar-refractivity contribution < 1.29 is 46.6 Å². The molecule has 0 saturated carbocycles. The number of amides is 2. The molecule has 1 aliphatic heterocycles. The van der Waals surface area contributed by atoms with E-state index in [1.54, 1.807) is 0 Å². The smallest absolute Gasteiger partial charge is 0.432 e. The van der Waals surface area contributed by atoms with Gasteiger partial charge in [0.2, 0.25) is 5.60 Å². The first-order valence-electron chi connectivity index (χ1n) is 9.56. The van der Waals surface area contributed by atoms with Gasteiger partial charge >= 0.3 is 22.2 Å². The molecule has 5 N–H and O–H groups in total. The highest BCUT2D eigenvalue weighted by Crippen LogP contribution is 2.23. The van der Waals surface area contributed by atoms with E-state index in [1.165, 1.54) is 44.5 Å². The van der Waals surface area contributed by atoms with E-state index in [1.807, 2.05) is 0 Å². The number of nitro groups is 1. The van der Waals surface area contributed by atoms with E-state index in [0.717, 1.165) is 11.3 Å². The number of aromatic nitrogens is 1. The summed E-state index contributed by atoms with van der Waals surface area (Å²) in [6, 6.07) is 0.450. The molecule has 1 fully saturated rings. The molecule has 19 heteroatoms. The van der Waals surface area contributed by atoms with Gasteiger partial charge in [-0.1, -0.05) is 5.16 Å². The van der Waals surface area contributed by atoms with Gasteiger partial charge in [0.25, 0.3) is 11.8 Å². The number of carbonyl (C=O) groups excluding carboxylic acids is 2. The largest absolute Gasteiger partial charge is 0.478 e. The summed E-state index contributed by atoms with van der Waals surface area (Å²) in [6.07, 6.45) is 1.26. The molecule has 0 spiro atoms. The van der Waals surface area contributed by atoms with Crippen molar-refractivity contribution in [3.63, 3.8) is 0 Å². The Morgan fingerprint density at radius 2 is 2.08 bits per heavy atom. The summed E-state index contributed by atoms with van der Waals surface area (Å²) in [7, 11) is -4.76. The maximum absolute atomic E-state index is 12.6. The molecule has 17 nitrogen and oxygen atoms in total. The van der Waals surface area contributed by atoms with E-state index in [-0.39, 0.29) is 21.0 Å². The van der Waals surface area contributed by atoms with Crippen molar-refractivity contribution in [3.8, 4) is 0 Å². The van der Waals surface area contributed by atoms with Gasteiger partial charge in [0, 0.05) is 5.38 Å². The van der Waals surface area contributed by atoms with E-state index in [4.69, 9.17) is 20.2 Å². The van der Waals surface area contributed by atoms with Crippen molar-refractivity contribution in [2.45, 2.75) is 38.5 Å². The second-order valence-corrected chi connectivity index (χ2v) is 9.61. The number of β-lactam (4-membered cyclic amide) rings is 1. The van der Waals surface area contributed by atoms with Crippen LogP contribution in [0.3, 0.4) is 0 Å². The van der Waals surface area contributed by atoms with E-state index < -0.39 is 56.4 Å². The highest BCUT2D eigenvalue weighted by molar-refractivity contribution is 7.84. The van der Waals surface area contributed by atoms with Crippen LogP contribution in [0.15, 0.2) is 33.3 Å². The number of carboxylic acid groups (broad SMARTS) is 1. The first-order chi connectivity index (χ1) is 16.6. The minimum atomic E-state index is -4.76. The Labute approximate surface area is 206 Å². The number of anilines is 1. The molecule has 3 heterocycles. The van der Waals surface area contributed by atoms with Gasteiger partial charge in [0.05, 0.1) is 18.4 Å². The van der Waals surface area contributed by atoms with Gasteiger partial charge in [-0.25, -0.2) is 14.1 Å². The number of rotatable bonds is 8. The number of nitrogen functional groups attached to an aromatic ring is 1. The normalized spacial score (nSPS) is 17.9. The minimum absolute atomic E-state index is 0.0350. The SMILES string of the molecule is C[C@H]1[C@H](NC(=O)/C(=N\OC(C)(C)C(=O)O)c2csc(N)n2)C(=O)N1S(=O)(=O)O.O=[N+]([O-])c1ccco1. The number of hydrogen-bond donors (Lipinski definition) is 4. The number of oxime groups is 1. The number of nitrogens with zero attached hydrogens (tertiary/aromatic N) is 4. The topological polar surface area (TPSA) is 258 Å². The Kier molecular flexibility index (Phi) is 8.33. The first-order valence-corrected chi connectivity index (χ1v) is 11.8. The molecule has 2 aromatic heterocycles. The molecule has 0 aromatic carbocycles. The van der Waals surface area contributed by atoms with Gasteiger partial charge in [-0.2, -0.15) is 8.42 Å². The van der Waals surface area contributed by atoms with E-state index >= 15 is 0 Å². The maximum atomic E-state index is 12.6. The summed E-state index contributed by atoms with van der Waals surface area (Å²) in [5.74, 6) is -3.59. The fourth-order valence-corrected chi connectivity index (χ4v) is 3.92. The second kappa shape index (κ2) is 10.7. The van der Waals surface area contributed by atoms with Gasteiger partial charge < -0.3 is 25.4 Å². The number of nitrogens with two attached hydrogens (primary N) is 1. The van der Waals surface area contributed by atoms with Crippen LogP contribution in [0, 0.1) is 10.1 Å². The molecule has 0 unspecified atom stereocenters. The Morgan fingerprint density at radius 3 is 2.47 bits per heavy atom. The quantitative estimate of drug-likeness (QED) is 0.112. The molecule has 36 heavy (non-hydrogen) atoms. The molecule has 0 aliphatic carbocycles. The third-order valence-corrected chi connectivity index (χ3v) is 6.10. The zero-order chi connectivity index (χ0) is 27.4. The van der Waals surface area contributed by atoms with Crippen LogP contribution in [-0.4, -0.2) is 73.5 Å². The van der Waals surface area contributed by atoms with Crippen molar-refractivity contribution in [3.05, 3.63) is 39.6 Å². The predicted molar refractivity (Wildman–Crippen MR) is 121 cm³/mol. The second-order valence-electron chi connectivity index (χ2n) is 7.43. The summed E-state index contributed by atoms with van der Waals surface area (Å²) in [5, 5.41) is 26.1.